The minimum atomic E-state index is -3.43. The number of benzene rings is 1. The van der Waals surface area contributed by atoms with Crippen molar-refractivity contribution in [1.29, 1.82) is 0 Å². The van der Waals surface area contributed by atoms with Gasteiger partial charge in [-0.3, -0.25) is 0 Å². The summed E-state index contributed by atoms with van der Waals surface area (Å²) in [5, 5.41) is 12.7. The van der Waals surface area contributed by atoms with E-state index in [4.69, 9.17) is 4.74 Å². The third-order valence-electron chi connectivity index (χ3n) is 2.42. The average Bonchev–Trinajstić information content (AvgIpc) is 2.27. The smallest absolute Gasteiger partial charge is 0.179 e. The highest BCUT2D eigenvalue weighted by Crippen LogP contribution is 2.35. The van der Waals surface area contributed by atoms with Gasteiger partial charge >= 0.3 is 0 Å². The Morgan fingerprint density at radius 2 is 2.11 bits per heavy atom. The molecule has 0 saturated heterocycles. The normalized spacial score (nSPS) is 13.4. The standard InChI is InChI=1S/C11H16BrNO4S/c1-13-6-9(14)7-4-8(12)11(17-2)10(5-7)18(3,15)16/h4-5,9,13-14H,6H2,1-3H3. The molecule has 0 aliphatic heterocycles. The number of likely N-dealkylation sites (N-methyl/N-ethyl adjacent to an activating group) is 1. The largest absolute Gasteiger partial charge is 0.494 e. The molecule has 1 atom stereocenters. The van der Waals surface area contributed by atoms with Gasteiger partial charge in [-0.1, -0.05) is 0 Å². The first-order chi connectivity index (χ1) is 8.31. The van der Waals surface area contributed by atoms with E-state index in [0.717, 1.165) is 6.26 Å². The van der Waals surface area contributed by atoms with Crippen LogP contribution in [0, 0.1) is 0 Å². The fourth-order valence-corrected chi connectivity index (χ4v) is 3.22. The molecule has 102 valence electrons. The first-order valence-corrected chi connectivity index (χ1v) is 7.89. The van der Waals surface area contributed by atoms with Gasteiger partial charge in [-0.15, -0.1) is 0 Å². The van der Waals surface area contributed by atoms with Crippen LogP contribution in [0.5, 0.6) is 5.75 Å². The van der Waals surface area contributed by atoms with E-state index < -0.39 is 15.9 Å². The molecule has 0 aromatic heterocycles. The second-order valence-electron chi connectivity index (χ2n) is 3.88. The SMILES string of the molecule is CNCC(O)c1cc(Br)c(OC)c(S(C)(=O)=O)c1. The van der Waals surface area contributed by atoms with Crippen molar-refractivity contribution < 1.29 is 18.3 Å². The molecule has 5 nitrogen and oxygen atoms in total. The van der Waals surface area contributed by atoms with Crippen LogP contribution in [0.1, 0.15) is 11.7 Å². The van der Waals surface area contributed by atoms with E-state index in [0.29, 0.717) is 16.6 Å². The Labute approximate surface area is 115 Å². The van der Waals surface area contributed by atoms with Crippen molar-refractivity contribution in [2.24, 2.45) is 0 Å². The summed E-state index contributed by atoms with van der Waals surface area (Å²) in [7, 11) is -0.317. The lowest BCUT2D eigenvalue weighted by Crippen LogP contribution is -2.17. The molecule has 0 heterocycles. The number of aliphatic hydroxyl groups is 1. The van der Waals surface area contributed by atoms with Crippen molar-refractivity contribution in [3.05, 3.63) is 22.2 Å². The van der Waals surface area contributed by atoms with Gasteiger partial charge in [0.2, 0.25) is 0 Å². The van der Waals surface area contributed by atoms with Crippen molar-refractivity contribution in [3.8, 4) is 5.75 Å². The van der Waals surface area contributed by atoms with Gasteiger partial charge in [0.05, 0.1) is 17.7 Å². The summed E-state index contributed by atoms with van der Waals surface area (Å²) in [6.07, 6.45) is 0.323. The molecular weight excluding hydrogens is 322 g/mol. The lowest BCUT2D eigenvalue weighted by atomic mass is 10.1. The molecule has 1 aromatic rings. The van der Waals surface area contributed by atoms with Gasteiger partial charge in [0.15, 0.2) is 15.6 Å². The zero-order valence-corrected chi connectivity index (χ0v) is 12.8. The number of rotatable bonds is 5. The Hall–Kier alpha value is -0.630. The van der Waals surface area contributed by atoms with Crippen molar-refractivity contribution in [2.45, 2.75) is 11.0 Å². The summed E-state index contributed by atoms with van der Waals surface area (Å²) in [4.78, 5) is 0.0597. The van der Waals surface area contributed by atoms with Crippen LogP contribution in [0.15, 0.2) is 21.5 Å². The molecule has 0 aliphatic rings. The van der Waals surface area contributed by atoms with Gasteiger partial charge in [-0.2, -0.15) is 0 Å². The Bertz CT molecular complexity index is 530. The van der Waals surface area contributed by atoms with Crippen LogP contribution in [0.2, 0.25) is 0 Å². The molecular formula is C11H16BrNO4S. The first-order valence-electron chi connectivity index (χ1n) is 5.21. The van der Waals surface area contributed by atoms with Crippen molar-refractivity contribution in [2.75, 3.05) is 27.0 Å². The zero-order chi connectivity index (χ0) is 13.9. The van der Waals surface area contributed by atoms with E-state index in [2.05, 4.69) is 21.2 Å². The number of ether oxygens (including phenoxy) is 1. The molecule has 0 amide bonds. The highest BCUT2D eigenvalue weighted by atomic mass is 79.9. The van der Waals surface area contributed by atoms with E-state index >= 15 is 0 Å². The lowest BCUT2D eigenvalue weighted by Gasteiger charge is -2.15. The molecule has 18 heavy (non-hydrogen) atoms. The minimum Gasteiger partial charge on any atom is -0.494 e. The second kappa shape index (κ2) is 6.01. The molecule has 0 aliphatic carbocycles. The fourth-order valence-electron chi connectivity index (χ4n) is 1.57. The second-order valence-corrected chi connectivity index (χ2v) is 6.72. The number of methoxy groups -OCH3 is 1. The Morgan fingerprint density at radius 1 is 1.50 bits per heavy atom. The number of sulfone groups is 1. The van der Waals surface area contributed by atoms with Crippen LogP contribution in [-0.4, -0.2) is 40.5 Å². The maximum atomic E-state index is 11.7. The van der Waals surface area contributed by atoms with Crippen molar-refractivity contribution in [1.82, 2.24) is 5.32 Å². The van der Waals surface area contributed by atoms with Gasteiger partial charge < -0.3 is 15.2 Å². The zero-order valence-electron chi connectivity index (χ0n) is 10.4. The van der Waals surface area contributed by atoms with E-state index in [9.17, 15) is 13.5 Å². The monoisotopic (exact) mass is 337 g/mol. The van der Waals surface area contributed by atoms with E-state index in [1.54, 1.807) is 13.1 Å². The molecule has 1 rings (SSSR count). The fraction of sp³-hybridized carbons (Fsp3) is 0.455. The minimum absolute atomic E-state index is 0.0597. The molecule has 1 unspecified atom stereocenters. The van der Waals surface area contributed by atoms with Gasteiger partial charge in [0.1, 0.15) is 4.90 Å². The van der Waals surface area contributed by atoms with Crippen LogP contribution in [-0.2, 0) is 9.84 Å². The van der Waals surface area contributed by atoms with E-state index in [-0.39, 0.29) is 10.6 Å². The Kier molecular flexibility index (Phi) is 5.15. The molecule has 0 bridgehead atoms. The number of hydrogen-bond acceptors (Lipinski definition) is 5. The molecule has 7 heteroatoms. The summed E-state index contributed by atoms with van der Waals surface area (Å²) >= 11 is 3.25. The van der Waals surface area contributed by atoms with Crippen molar-refractivity contribution >= 4 is 25.8 Å². The summed E-state index contributed by atoms with van der Waals surface area (Å²) in [5.41, 5.74) is 0.512. The first kappa shape index (κ1) is 15.4. The molecule has 0 spiro atoms. The summed E-state index contributed by atoms with van der Waals surface area (Å²) < 4.78 is 29.0. The third kappa shape index (κ3) is 3.44. The van der Waals surface area contributed by atoms with Crippen LogP contribution in [0.3, 0.4) is 0 Å². The van der Waals surface area contributed by atoms with Crippen LogP contribution in [0.4, 0.5) is 0 Å². The van der Waals surface area contributed by atoms with Crippen LogP contribution in [0.25, 0.3) is 0 Å². The maximum Gasteiger partial charge on any atom is 0.179 e. The number of nitrogens with one attached hydrogen (secondary N) is 1. The van der Waals surface area contributed by atoms with Gasteiger partial charge in [0.25, 0.3) is 0 Å². The van der Waals surface area contributed by atoms with Crippen LogP contribution >= 0.6 is 15.9 Å². The summed E-state index contributed by atoms with van der Waals surface area (Å²) in [6.45, 7) is 0.335. The van der Waals surface area contributed by atoms with Gasteiger partial charge in [-0.25, -0.2) is 8.42 Å². The topological polar surface area (TPSA) is 75.6 Å². The highest BCUT2D eigenvalue weighted by molar-refractivity contribution is 9.10. The van der Waals surface area contributed by atoms with Crippen LogP contribution < -0.4 is 10.1 Å². The molecule has 0 fully saturated rings. The Balaban J connectivity index is 3.40. The number of aliphatic hydroxyl groups excluding tert-OH is 1. The predicted molar refractivity (Wildman–Crippen MR) is 72.7 cm³/mol. The molecule has 2 N–H and O–H groups in total. The maximum absolute atomic E-state index is 11.7. The molecule has 0 radical (unpaired) electrons. The van der Waals surface area contributed by atoms with E-state index in [1.807, 2.05) is 0 Å². The Morgan fingerprint density at radius 3 is 2.56 bits per heavy atom. The number of halogens is 1. The molecule has 1 aromatic carbocycles. The predicted octanol–water partition coefficient (Wildman–Crippen LogP) is 1.11. The average molecular weight is 338 g/mol. The summed E-state index contributed by atoms with van der Waals surface area (Å²) in [6, 6.07) is 3.08. The third-order valence-corrected chi connectivity index (χ3v) is 4.11. The van der Waals surface area contributed by atoms with Crippen molar-refractivity contribution in [3.63, 3.8) is 0 Å². The number of hydrogen-bond donors (Lipinski definition) is 2. The molecule has 0 saturated carbocycles. The van der Waals surface area contributed by atoms with Gasteiger partial charge in [0, 0.05) is 12.8 Å². The summed E-state index contributed by atoms with van der Waals surface area (Å²) in [5.74, 6) is 0.248. The lowest BCUT2D eigenvalue weighted by molar-refractivity contribution is 0.177. The van der Waals surface area contributed by atoms with Gasteiger partial charge in [-0.05, 0) is 40.7 Å². The quantitative estimate of drug-likeness (QED) is 0.841. The van der Waals surface area contributed by atoms with E-state index in [1.165, 1.54) is 13.2 Å². The highest BCUT2D eigenvalue weighted by Gasteiger charge is 2.20.